The minimum atomic E-state index is -0.466. The van der Waals surface area contributed by atoms with Crippen LogP contribution in [0.4, 0.5) is 0 Å². The second-order valence-corrected chi connectivity index (χ2v) is 6.75. The number of rotatable bonds is 4. The Kier molecular flexibility index (Phi) is 4.99. The van der Waals surface area contributed by atoms with Crippen molar-refractivity contribution in [3.8, 4) is 0 Å². The second kappa shape index (κ2) is 6.78. The van der Waals surface area contributed by atoms with Crippen molar-refractivity contribution in [1.82, 2.24) is 5.32 Å². The number of carbonyl (C=O) groups excluding carboxylic acids is 2. The van der Waals surface area contributed by atoms with Gasteiger partial charge in [-0.25, -0.2) is 0 Å². The van der Waals surface area contributed by atoms with Gasteiger partial charge in [0.15, 0.2) is 5.78 Å². The van der Waals surface area contributed by atoms with Crippen LogP contribution in [0.15, 0.2) is 54.6 Å². The molecule has 1 atom stereocenters. The third kappa shape index (κ3) is 4.28. The molecule has 0 aliphatic carbocycles. The molecule has 2 aromatic carbocycles. The van der Waals surface area contributed by atoms with Crippen LogP contribution in [0, 0.1) is 5.41 Å². The summed E-state index contributed by atoms with van der Waals surface area (Å²) in [6, 6.07) is 17.0. The van der Waals surface area contributed by atoms with Gasteiger partial charge in [-0.05, 0) is 18.1 Å². The fourth-order valence-corrected chi connectivity index (χ4v) is 2.26. The van der Waals surface area contributed by atoms with Crippen molar-refractivity contribution in [2.24, 2.45) is 5.41 Å². The molecular weight excluding hydrogens is 286 g/mol. The monoisotopic (exact) mass is 309 g/mol. The molecule has 0 saturated carbocycles. The molecule has 0 unspecified atom stereocenters. The first kappa shape index (κ1) is 16.9. The highest BCUT2D eigenvalue weighted by Crippen LogP contribution is 2.25. The maximum Gasteiger partial charge on any atom is 0.226 e. The molecule has 0 heterocycles. The first-order valence-electron chi connectivity index (χ1n) is 7.76. The van der Waals surface area contributed by atoms with Gasteiger partial charge in [-0.1, -0.05) is 75.4 Å². The number of amides is 1. The standard InChI is InChI=1S/C20H23NO2/c1-14(22)15-10-12-17(13-11-15)18(16-8-6-5-7-9-16)21-19(23)20(2,3)4/h5-13,18H,1-4H3,(H,21,23)/t18-/m0/s1. The summed E-state index contributed by atoms with van der Waals surface area (Å²) in [7, 11) is 0. The van der Waals surface area contributed by atoms with Gasteiger partial charge in [-0.2, -0.15) is 0 Å². The van der Waals surface area contributed by atoms with Crippen LogP contribution < -0.4 is 5.32 Å². The van der Waals surface area contributed by atoms with Crippen molar-refractivity contribution >= 4 is 11.7 Å². The maximum atomic E-state index is 12.4. The molecule has 2 aromatic rings. The van der Waals surface area contributed by atoms with Crippen LogP contribution in [0.3, 0.4) is 0 Å². The topological polar surface area (TPSA) is 46.2 Å². The number of hydrogen-bond donors (Lipinski definition) is 1. The van der Waals surface area contributed by atoms with Crippen LogP contribution in [0.25, 0.3) is 0 Å². The highest BCUT2D eigenvalue weighted by atomic mass is 16.2. The van der Waals surface area contributed by atoms with Crippen LogP contribution in [-0.4, -0.2) is 11.7 Å². The number of benzene rings is 2. The average molecular weight is 309 g/mol. The summed E-state index contributed by atoms with van der Waals surface area (Å²) < 4.78 is 0. The van der Waals surface area contributed by atoms with E-state index in [1.165, 1.54) is 0 Å². The average Bonchev–Trinajstić information content (AvgIpc) is 2.52. The number of hydrogen-bond acceptors (Lipinski definition) is 2. The van der Waals surface area contributed by atoms with E-state index >= 15 is 0 Å². The number of nitrogens with one attached hydrogen (secondary N) is 1. The van der Waals surface area contributed by atoms with Crippen molar-refractivity contribution in [2.45, 2.75) is 33.7 Å². The Morgan fingerprint density at radius 2 is 1.39 bits per heavy atom. The Hall–Kier alpha value is -2.42. The molecule has 2 rings (SSSR count). The van der Waals surface area contributed by atoms with E-state index in [4.69, 9.17) is 0 Å². The number of Topliss-reactive ketones (excluding diaryl/α,β-unsaturated/α-hetero) is 1. The van der Waals surface area contributed by atoms with Gasteiger partial charge >= 0.3 is 0 Å². The molecule has 0 radical (unpaired) electrons. The van der Waals surface area contributed by atoms with E-state index in [2.05, 4.69) is 5.32 Å². The zero-order valence-corrected chi connectivity index (χ0v) is 14.1. The Morgan fingerprint density at radius 3 is 1.87 bits per heavy atom. The van der Waals surface area contributed by atoms with Crippen LogP contribution in [0.5, 0.6) is 0 Å². The first-order valence-corrected chi connectivity index (χ1v) is 7.76. The van der Waals surface area contributed by atoms with Gasteiger partial charge in [-0.3, -0.25) is 9.59 Å². The molecule has 0 bridgehead atoms. The van der Waals surface area contributed by atoms with Gasteiger partial charge < -0.3 is 5.32 Å². The largest absolute Gasteiger partial charge is 0.345 e. The van der Waals surface area contributed by atoms with Gasteiger partial charge in [0.05, 0.1) is 6.04 Å². The third-order valence-electron chi connectivity index (χ3n) is 3.74. The zero-order chi connectivity index (χ0) is 17.0. The van der Waals surface area contributed by atoms with Gasteiger partial charge in [0.1, 0.15) is 0 Å². The molecule has 0 fully saturated rings. The summed E-state index contributed by atoms with van der Waals surface area (Å²) in [6.07, 6.45) is 0. The van der Waals surface area contributed by atoms with E-state index in [1.54, 1.807) is 19.1 Å². The zero-order valence-electron chi connectivity index (χ0n) is 14.1. The molecule has 23 heavy (non-hydrogen) atoms. The lowest BCUT2D eigenvalue weighted by Gasteiger charge is -2.25. The highest BCUT2D eigenvalue weighted by Gasteiger charge is 2.25. The van der Waals surface area contributed by atoms with E-state index in [1.807, 2.05) is 63.2 Å². The van der Waals surface area contributed by atoms with Crippen molar-refractivity contribution in [1.29, 1.82) is 0 Å². The fourth-order valence-electron chi connectivity index (χ4n) is 2.26. The van der Waals surface area contributed by atoms with Crippen molar-refractivity contribution < 1.29 is 9.59 Å². The number of ketones is 1. The quantitative estimate of drug-likeness (QED) is 0.863. The van der Waals surface area contributed by atoms with Crippen LogP contribution >= 0.6 is 0 Å². The minimum Gasteiger partial charge on any atom is -0.345 e. The molecule has 0 saturated heterocycles. The molecule has 3 nitrogen and oxygen atoms in total. The summed E-state index contributed by atoms with van der Waals surface area (Å²) in [5, 5.41) is 3.11. The maximum absolute atomic E-state index is 12.4. The van der Waals surface area contributed by atoms with E-state index in [0.717, 1.165) is 11.1 Å². The normalized spacial score (nSPS) is 12.5. The van der Waals surface area contributed by atoms with Gasteiger partial charge in [0.25, 0.3) is 0 Å². The SMILES string of the molecule is CC(=O)c1ccc([C@@H](NC(=O)C(C)(C)C)c2ccccc2)cc1. The van der Waals surface area contributed by atoms with Crippen molar-refractivity contribution in [3.05, 3.63) is 71.3 Å². The predicted octanol–water partition coefficient (Wildman–Crippen LogP) is 4.14. The molecule has 120 valence electrons. The molecule has 0 aliphatic rings. The molecule has 1 amide bonds. The smallest absolute Gasteiger partial charge is 0.226 e. The highest BCUT2D eigenvalue weighted by molar-refractivity contribution is 5.94. The lowest BCUT2D eigenvalue weighted by Crippen LogP contribution is -2.37. The molecule has 0 spiro atoms. The second-order valence-electron chi connectivity index (χ2n) is 6.75. The molecule has 1 N–H and O–H groups in total. The fraction of sp³-hybridized carbons (Fsp3) is 0.300. The molecular formula is C20H23NO2. The van der Waals surface area contributed by atoms with E-state index in [-0.39, 0.29) is 17.7 Å². The Bertz CT molecular complexity index is 682. The van der Waals surface area contributed by atoms with Crippen LogP contribution in [-0.2, 0) is 4.79 Å². The van der Waals surface area contributed by atoms with Crippen LogP contribution in [0.2, 0.25) is 0 Å². The van der Waals surface area contributed by atoms with Gasteiger partial charge in [-0.15, -0.1) is 0 Å². The Morgan fingerprint density at radius 1 is 0.870 bits per heavy atom. The molecule has 0 aromatic heterocycles. The predicted molar refractivity (Wildman–Crippen MR) is 92.3 cm³/mol. The minimum absolute atomic E-state index is 0.0120. The Balaban J connectivity index is 2.37. The lowest BCUT2D eigenvalue weighted by molar-refractivity contribution is -0.129. The third-order valence-corrected chi connectivity index (χ3v) is 3.74. The lowest BCUT2D eigenvalue weighted by atomic mass is 9.92. The Labute approximate surface area is 137 Å². The van der Waals surface area contributed by atoms with E-state index in [0.29, 0.717) is 5.56 Å². The summed E-state index contributed by atoms with van der Waals surface area (Å²) in [5.74, 6) is 0.0218. The van der Waals surface area contributed by atoms with Crippen molar-refractivity contribution in [2.75, 3.05) is 0 Å². The summed E-state index contributed by atoms with van der Waals surface area (Å²) in [4.78, 5) is 23.9. The van der Waals surface area contributed by atoms with Gasteiger partial charge in [0, 0.05) is 11.0 Å². The molecule has 0 aliphatic heterocycles. The van der Waals surface area contributed by atoms with E-state index in [9.17, 15) is 9.59 Å². The summed E-state index contributed by atoms with van der Waals surface area (Å²) in [6.45, 7) is 7.22. The van der Waals surface area contributed by atoms with Gasteiger partial charge in [0.2, 0.25) is 5.91 Å². The van der Waals surface area contributed by atoms with Crippen LogP contribution in [0.1, 0.15) is 55.2 Å². The van der Waals surface area contributed by atoms with Crippen molar-refractivity contribution in [3.63, 3.8) is 0 Å². The summed E-state index contributed by atoms with van der Waals surface area (Å²) in [5.41, 5.74) is 2.17. The number of carbonyl (C=O) groups is 2. The summed E-state index contributed by atoms with van der Waals surface area (Å²) >= 11 is 0. The van der Waals surface area contributed by atoms with E-state index < -0.39 is 5.41 Å². The molecule has 3 heteroatoms. The first-order chi connectivity index (χ1) is 10.8.